The van der Waals surface area contributed by atoms with Crippen LogP contribution < -0.4 is 4.74 Å². The molecule has 0 fully saturated rings. The number of nitrogens with zero attached hydrogens (tertiary/aromatic N) is 4. The maximum absolute atomic E-state index is 9.44. The summed E-state index contributed by atoms with van der Waals surface area (Å²) in [5.41, 5.74) is 4.26. The summed E-state index contributed by atoms with van der Waals surface area (Å²) in [6.07, 6.45) is 2.89. The molecule has 7 nitrogen and oxygen atoms in total. The number of rotatable bonds is 5. The van der Waals surface area contributed by atoms with Gasteiger partial charge in [0, 0.05) is 23.9 Å². The number of pyridine rings is 1. The normalized spacial score (nSPS) is 12.8. The van der Waals surface area contributed by atoms with Gasteiger partial charge in [0.25, 0.3) is 0 Å². The maximum atomic E-state index is 9.44. The van der Waals surface area contributed by atoms with Crippen LogP contribution in [-0.2, 0) is 19.4 Å². The van der Waals surface area contributed by atoms with E-state index in [2.05, 4.69) is 20.2 Å². The van der Waals surface area contributed by atoms with Crippen LogP contribution in [0.4, 0.5) is 5.69 Å². The zero-order chi connectivity index (χ0) is 17.2. The van der Waals surface area contributed by atoms with Crippen LogP contribution in [-0.4, -0.2) is 33.1 Å². The molecule has 1 N–H and O–H groups in total. The van der Waals surface area contributed by atoms with E-state index >= 15 is 0 Å². The number of fused-ring (bicyclic) bond motifs is 1. The first-order valence-electron chi connectivity index (χ1n) is 7.88. The second kappa shape index (κ2) is 6.45. The molecule has 3 aromatic rings. The second-order valence-electron chi connectivity index (χ2n) is 5.68. The lowest BCUT2D eigenvalue weighted by Gasteiger charge is -2.01. The number of hydrogen-bond acceptors (Lipinski definition) is 7. The molecule has 0 saturated heterocycles. The van der Waals surface area contributed by atoms with Gasteiger partial charge in [0.15, 0.2) is 0 Å². The van der Waals surface area contributed by atoms with Crippen molar-refractivity contribution < 1.29 is 14.3 Å². The van der Waals surface area contributed by atoms with E-state index in [-0.39, 0.29) is 6.61 Å². The monoisotopic (exact) mass is 336 g/mol. The highest BCUT2D eigenvalue weighted by Gasteiger charge is 2.21. The lowest BCUT2D eigenvalue weighted by Crippen LogP contribution is -2.02. The molecule has 126 valence electrons. The Morgan fingerprint density at radius 2 is 2.08 bits per heavy atom. The van der Waals surface area contributed by atoms with E-state index in [1.807, 2.05) is 30.3 Å². The van der Waals surface area contributed by atoms with E-state index in [4.69, 9.17) is 9.15 Å². The Balaban J connectivity index is 1.57. The highest BCUT2D eigenvalue weighted by molar-refractivity contribution is 5.95. The minimum absolute atomic E-state index is 0.0807. The fourth-order valence-corrected chi connectivity index (χ4v) is 2.88. The summed E-state index contributed by atoms with van der Waals surface area (Å²) in [7, 11) is 1.58. The highest BCUT2D eigenvalue weighted by Crippen LogP contribution is 2.34. The van der Waals surface area contributed by atoms with Crippen LogP contribution in [0.5, 0.6) is 5.88 Å². The minimum Gasteiger partial charge on any atom is -0.479 e. The van der Waals surface area contributed by atoms with Gasteiger partial charge in [-0.05, 0) is 23.3 Å². The maximum Gasteiger partial charge on any atom is 0.248 e. The smallest absolute Gasteiger partial charge is 0.248 e. The molecule has 1 aliphatic heterocycles. The van der Waals surface area contributed by atoms with Crippen molar-refractivity contribution in [2.75, 3.05) is 7.11 Å². The van der Waals surface area contributed by atoms with Gasteiger partial charge >= 0.3 is 0 Å². The number of hydrogen-bond donors (Lipinski definition) is 1. The largest absolute Gasteiger partial charge is 0.479 e. The van der Waals surface area contributed by atoms with Crippen molar-refractivity contribution in [3.8, 4) is 17.3 Å². The molecule has 4 rings (SSSR count). The summed E-state index contributed by atoms with van der Waals surface area (Å²) in [5, 5.41) is 17.7. The first-order chi connectivity index (χ1) is 12.3. The van der Waals surface area contributed by atoms with Crippen molar-refractivity contribution in [3.05, 3.63) is 53.5 Å². The molecule has 0 radical (unpaired) electrons. The summed E-state index contributed by atoms with van der Waals surface area (Å²) in [5.74, 6) is 1.41. The molecule has 0 amide bonds. The van der Waals surface area contributed by atoms with E-state index in [0.717, 1.165) is 28.1 Å². The van der Waals surface area contributed by atoms with Gasteiger partial charge in [0.2, 0.25) is 17.7 Å². The summed E-state index contributed by atoms with van der Waals surface area (Å²) in [6, 6.07) is 9.34. The summed E-state index contributed by atoms with van der Waals surface area (Å²) in [4.78, 5) is 8.76. The predicted molar refractivity (Wildman–Crippen MR) is 90.9 cm³/mol. The molecule has 25 heavy (non-hydrogen) atoms. The number of aliphatic imine (C=N–C) groups is 1. The van der Waals surface area contributed by atoms with Gasteiger partial charge in [-0.25, -0.2) is 4.98 Å². The van der Waals surface area contributed by atoms with Gasteiger partial charge in [0.05, 0.1) is 20.1 Å². The van der Waals surface area contributed by atoms with Crippen molar-refractivity contribution in [2.24, 2.45) is 4.99 Å². The molecular formula is C18H16N4O3. The Hall–Kier alpha value is -3.06. The number of ether oxygens (including phenoxy) is 1. The quantitative estimate of drug-likeness (QED) is 0.769. The van der Waals surface area contributed by atoms with Gasteiger partial charge in [-0.1, -0.05) is 18.2 Å². The number of methoxy groups -OCH3 is 1. The summed E-state index contributed by atoms with van der Waals surface area (Å²) >= 11 is 0. The SMILES string of the molecule is COc1nccc2c1N=C(Cc1nnc(-c3ccccc3CO)o1)C2. The number of benzene rings is 1. The number of aliphatic hydroxyl groups excluding tert-OH is 1. The summed E-state index contributed by atoms with van der Waals surface area (Å²) in [6.45, 7) is -0.0807. The molecule has 1 aliphatic rings. The molecule has 0 bridgehead atoms. The van der Waals surface area contributed by atoms with E-state index in [1.165, 1.54) is 0 Å². The molecular weight excluding hydrogens is 320 g/mol. The van der Waals surface area contributed by atoms with Crippen LogP contribution in [0.1, 0.15) is 17.0 Å². The van der Waals surface area contributed by atoms with Crippen molar-refractivity contribution in [2.45, 2.75) is 19.4 Å². The van der Waals surface area contributed by atoms with Crippen molar-refractivity contribution >= 4 is 11.4 Å². The predicted octanol–water partition coefficient (Wildman–Crippen LogP) is 2.50. The lowest BCUT2D eigenvalue weighted by atomic mass is 10.1. The first kappa shape index (κ1) is 15.5. The van der Waals surface area contributed by atoms with E-state index in [9.17, 15) is 5.11 Å². The lowest BCUT2D eigenvalue weighted by molar-refractivity contribution is 0.282. The Morgan fingerprint density at radius 3 is 2.92 bits per heavy atom. The molecule has 0 atom stereocenters. The zero-order valence-corrected chi connectivity index (χ0v) is 13.6. The van der Waals surface area contributed by atoms with E-state index in [0.29, 0.717) is 30.5 Å². The van der Waals surface area contributed by atoms with E-state index in [1.54, 1.807) is 13.3 Å². The summed E-state index contributed by atoms with van der Waals surface area (Å²) < 4.78 is 11.0. The standard InChI is InChI=1S/C18H16N4O3/c1-24-18-16-11(6-7-19-18)8-13(20-16)9-15-21-22-17(25-15)14-5-3-2-4-12(14)10-23/h2-7,23H,8-10H2,1H3. The molecule has 2 aromatic heterocycles. The third-order valence-electron chi connectivity index (χ3n) is 4.07. The van der Waals surface area contributed by atoms with Gasteiger partial charge in [0.1, 0.15) is 5.69 Å². The molecule has 0 saturated carbocycles. The number of aliphatic hydroxyl groups is 1. The van der Waals surface area contributed by atoms with Crippen LogP contribution >= 0.6 is 0 Å². The van der Waals surface area contributed by atoms with Crippen molar-refractivity contribution in [1.29, 1.82) is 0 Å². The third kappa shape index (κ3) is 2.89. The Labute approximate surface area is 144 Å². The molecule has 1 aromatic carbocycles. The second-order valence-corrected chi connectivity index (χ2v) is 5.68. The van der Waals surface area contributed by atoms with Gasteiger partial charge < -0.3 is 14.3 Å². The van der Waals surface area contributed by atoms with Crippen LogP contribution in [0.2, 0.25) is 0 Å². The molecule has 0 unspecified atom stereocenters. The fraction of sp³-hybridized carbons (Fsp3) is 0.222. The average Bonchev–Trinajstić information content (AvgIpc) is 3.28. The van der Waals surface area contributed by atoms with E-state index < -0.39 is 0 Å². The number of aromatic nitrogens is 3. The topological polar surface area (TPSA) is 93.6 Å². The highest BCUT2D eigenvalue weighted by atomic mass is 16.5. The average molecular weight is 336 g/mol. The van der Waals surface area contributed by atoms with Crippen LogP contribution in [0.15, 0.2) is 45.9 Å². The van der Waals surface area contributed by atoms with Gasteiger partial charge in [-0.2, -0.15) is 0 Å². The van der Waals surface area contributed by atoms with Crippen LogP contribution in [0.25, 0.3) is 11.5 Å². The fourth-order valence-electron chi connectivity index (χ4n) is 2.88. The van der Waals surface area contributed by atoms with Gasteiger partial charge in [-0.3, -0.25) is 4.99 Å². The molecule has 0 aliphatic carbocycles. The molecule has 7 heteroatoms. The molecule has 3 heterocycles. The Morgan fingerprint density at radius 1 is 1.20 bits per heavy atom. The molecule has 0 spiro atoms. The van der Waals surface area contributed by atoms with Crippen LogP contribution in [0.3, 0.4) is 0 Å². The van der Waals surface area contributed by atoms with Gasteiger partial charge in [-0.15, -0.1) is 10.2 Å². The van der Waals surface area contributed by atoms with Crippen LogP contribution in [0, 0.1) is 0 Å². The van der Waals surface area contributed by atoms with Crippen molar-refractivity contribution in [1.82, 2.24) is 15.2 Å². The Bertz CT molecular complexity index is 949. The Kier molecular flexibility index (Phi) is 3.99. The minimum atomic E-state index is -0.0807. The third-order valence-corrected chi connectivity index (χ3v) is 4.07. The zero-order valence-electron chi connectivity index (χ0n) is 13.6. The first-order valence-corrected chi connectivity index (χ1v) is 7.88. The van der Waals surface area contributed by atoms with Crippen molar-refractivity contribution in [3.63, 3.8) is 0 Å².